The average molecular weight is 279 g/mol. The summed E-state index contributed by atoms with van der Waals surface area (Å²) in [6, 6.07) is 3.10. The van der Waals surface area contributed by atoms with Crippen LogP contribution in [0.15, 0.2) is 24.3 Å². The molecule has 0 aromatic heterocycles. The summed E-state index contributed by atoms with van der Waals surface area (Å²) in [6.45, 7) is 0. The number of benzene rings is 1. The molecule has 0 spiro atoms. The van der Waals surface area contributed by atoms with Gasteiger partial charge in [-0.05, 0) is 6.07 Å². The van der Waals surface area contributed by atoms with Gasteiger partial charge in [-0.15, -0.1) is 0 Å². The van der Waals surface area contributed by atoms with Gasteiger partial charge in [-0.2, -0.15) is 13.2 Å². The molecule has 1 rings (SSSR count). The second-order valence-corrected chi connectivity index (χ2v) is 3.64. The van der Waals surface area contributed by atoms with Gasteiger partial charge in [0.15, 0.2) is 0 Å². The van der Waals surface area contributed by atoms with Crippen molar-refractivity contribution in [1.29, 1.82) is 0 Å². The maximum atomic E-state index is 13.4. The highest BCUT2D eigenvalue weighted by Gasteiger charge is 2.40. The van der Waals surface area contributed by atoms with Crippen LogP contribution in [-0.4, -0.2) is 23.2 Å². The molecule has 0 fully saturated rings. The van der Waals surface area contributed by atoms with Gasteiger partial charge < -0.3 is 10.4 Å². The highest BCUT2D eigenvalue weighted by Crippen LogP contribution is 2.23. The van der Waals surface area contributed by atoms with Gasteiger partial charge in [0.25, 0.3) is 0 Å². The number of aliphatic carboxylic acids is 1. The molecule has 0 saturated heterocycles. The summed E-state index contributed by atoms with van der Waals surface area (Å²) in [5.74, 6) is -4.67. The maximum Gasteiger partial charge on any atom is 0.471 e. The average Bonchev–Trinajstić information content (AvgIpc) is 2.26. The first kappa shape index (κ1) is 14.9. The summed E-state index contributed by atoms with van der Waals surface area (Å²) in [5.41, 5.74) is -0.317. The van der Waals surface area contributed by atoms with E-state index in [-0.39, 0.29) is 5.56 Å². The molecule has 0 heterocycles. The van der Waals surface area contributed by atoms with E-state index in [1.54, 1.807) is 0 Å². The third-order valence-electron chi connectivity index (χ3n) is 2.22. The fraction of sp³-hybridized carbons (Fsp3) is 0.273. The summed E-state index contributed by atoms with van der Waals surface area (Å²) >= 11 is 0. The van der Waals surface area contributed by atoms with Crippen molar-refractivity contribution < 1.29 is 32.3 Å². The van der Waals surface area contributed by atoms with Crippen molar-refractivity contribution in [2.45, 2.75) is 18.6 Å². The lowest BCUT2D eigenvalue weighted by Crippen LogP contribution is -2.40. The van der Waals surface area contributed by atoms with Gasteiger partial charge in [0, 0.05) is 5.56 Å². The summed E-state index contributed by atoms with van der Waals surface area (Å²) in [5, 5.41) is 10.1. The number of amides is 1. The monoisotopic (exact) mass is 279 g/mol. The number of hydrogen-bond donors (Lipinski definition) is 2. The number of hydrogen-bond acceptors (Lipinski definition) is 2. The van der Waals surface area contributed by atoms with E-state index in [1.165, 1.54) is 17.4 Å². The number of rotatable bonds is 4. The van der Waals surface area contributed by atoms with Gasteiger partial charge in [-0.3, -0.25) is 9.59 Å². The topological polar surface area (TPSA) is 66.4 Å². The van der Waals surface area contributed by atoms with Crippen LogP contribution in [0.4, 0.5) is 17.6 Å². The first-order valence-electron chi connectivity index (χ1n) is 5.05. The van der Waals surface area contributed by atoms with E-state index in [9.17, 15) is 27.2 Å². The van der Waals surface area contributed by atoms with Crippen LogP contribution >= 0.6 is 0 Å². The molecule has 0 aliphatic carbocycles. The Hall–Kier alpha value is -2.12. The van der Waals surface area contributed by atoms with E-state index in [4.69, 9.17) is 5.11 Å². The maximum absolute atomic E-state index is 13.4. The molecule has 1 aromatic rings. The number of alkyl halides is 3. The van der Waals surface area contributed by atoms with Crippen LogP contribution in [0.3, 0.4) is 0 Å². The standard InChI is InChI=1S/C11H9F4NO3/c12-7-4-2-1-3-6(7)8(5-9(17)18)16-10(19)11(13,14)15/h1-4,8H,5H2,(H,16,19)(H,17,18)/t8-/m0/s1. The second kappa shape index (κ2) is 5.68. The summed E-state index contributed by atoms with van der Waals surface area (Å²) in [6.07, 6.45) is -6.02. The zero-order valence-electron chi connectivity index (χ0n) is 9.37. The minimum atomic E-state index is -5.16. The van der Waals surface area contributed by atoms with Gasteiger partial charge in [0.1, 0.15) is 5.82 Å². The normalized spacial score (nSPS) is 12.8. The van der Waals surface area contributed by atoms with Crippen molar-refractivity contribution >= 4 is 11.9 Å². The van der Waals surface area contributed by atoms with Crippen molar-refractivity contribution in [2.75, 3.05) is 0 Å². The van der Waals surface area contributed by atoms with Gasteiger partial charge in [-0.1, -0.05) is 18.2 Å². The minimum Gasteiger partial charge on any atom is -0.481 e. The van der Waals surface area contributed by atoms with Crippen LogP contribution in [0.5, 0.6) is 0 Å². The van der Waals surface area contributed by atoms with E-state index >= 15 is 0 Å². The Morgan fingerprint density at radius 2 is 1.84 bits per heavy atom. The number of carbonyl (C=O) groups is 2. The SMILES string of the molecule is O=C(O)C[C@H](NC(=O)C(F)(F)F)c1ccccc1F. The zero-order valence-corrected chi connectivity index (χ0v) is 9.37. The molecule has 19 heavy (non-hydrogen) atoms. The quantitative estimate of drug-likeness (QED) is 0.829. The molecular formula is C11H9F4NO3. The smallest absolute Gasteiger partial charge is 0.471 e. The van der Waals surface area contributed by atoms with E-state index in [1.807, 2.05) is 0 Å². The van der Waals surface area contributed by atoms with Crippen LogP contribution in [0.25, 0.3) is 0 Å². The number of carboxylic acids is 1. The third-order valence-corrected chi connectivity index (χ3v) is 2.22. The van der Waals surface area contributed by atoms with Crippen molar-refractivity contribution in [3.05, 3.63) is 35.6 Å². The van der Waals surface area contributed by atoms with Crippen LogP contribution in [0.2, 0.25) is 0 Å². The van der Waals surface area contributed by atoms with Crippen LogP contribution < -0.4 is 5.32 Å². The Morgan fingerprint density at radius 1 is 1.26 bits per heavy atom. The molecule has 0 bridgehead atoms. The third kappa shape index (κ3) is 4.23. The molecule has 0 unspecified atom stereocenters. The fourth-order valence-electron chi connectivity index (χ4n) is 1.41. The Labute approximate surface area is 105 Å². The number of carboxylic acid groups (broad SMARTS) is 1. The van der Waals surface area contributed by atoms with Crippen LogP contribution in [-0.2, 0) is 9.59 Å². The number of nitrogens with one attached hydrogen (secondary N) is 1. The molecule has 0 aliphatic rings. The first-order valence-corrected chi connectivity index (χ1v) is 5.05. The minimum absolute atomic E-state index is 0.317. The van der Waals surface area contributed by atoms with E-state index < -0.39 is 36.3 Å². The van der Waals surface area contributed by atoms with Crippen molar-refractivity contribution in [3.8, 4) is 0 Å². The van der Waals surface area contributed by atoms with Crippen LogP contribution in [0.1, 0.15) is 18.0 Å². The predicted molar refractivity (Wildman–Crippen MR) is 55.6 cm³/mol. The van der Waals surface area contributed by atoms with Gasteiger partial charge in [0.05, 0.1) is 12.5 Å². The van der Waals surface area contributed by atoms with E-state index in [0.717, 1.165) is 12.1 Å². The van der Waals surface area contributed by atoms with Crippen molar-refractivity contribution in [1.82, 2.24) is 5.32 Å². The van der Waals surface area contributed by atoms with Gasteiger partial charge >= 0.3 is 18.1 Å². The molecule has 4 nitrogen and oxygen atoms in total. The van der Waals surface area contributed by atoms with E-state index in [2.05, 4.69) is 0 Å². The molecule has 0 radical (unpaired) electrons. The molecular weight excluding hydrogens is 270 g/mol. The molecule has 1 aromatic carbocycles. The number of halogens is 4. The Morgan fingerprint density at radius 3 is 2.32 bits per heavy atom. The molecule has 1 amide bonds. The van der Waals surface area contributed by atoms with Gasteiger partial charge in [-0.25, -0.2) is 4.39 Å². The highest BCUT2D eigenvalue weighted by atomic mass is 19.4. The Bertz CT molecular complexity index is 487. The summed E-state index contributed by atoms with van der Waals surface area (Å²) in [7, 11) is 0. The van der Waals surface area contributed by atoms with Gasteiger partial charge in [0.2, 0.25) is 0 Å². The lowest BCUT2D eigenvalue weighted by Gasteiger charge is -2.18. The van der Waals surface area contributed by atoms with Crippen molar-refractivity contribution in [3.63, 3.8) is 0 Å². The summed E-state index contributed by atoms with van der Waals surface area (Å²) in [4.78, 5) is 21.4. The van der Waals surface area contributed by atoms with E-state index in [0.29, 0.717) is 0 Å². The largest absolute Gasteiger partial charge is 0.481 e. The molecule has 2 N–H and O–H groups in total. The molecule has 0 aliphatic heterocycles. The highest BCUT2D eigenvalue weighted by molar-refractivity contribution is 5.82. The van der Waals surface area contributed by atoms with Crippen molar-refractivity contribution in [2.24, 2.45) is 0 Å². The molecule has 1 atom stereocenters. The first-order chi connectivity index (χ1) is 8.71. The fourth-order valence-corrected chi connectivity index (χ4v) is 1.41. The predicted octanol–water partition coefficient (Wildman–Crippen LogP) is 2.02. The number of carbonyl (C=O) groups excluding carboxylic acids is 1. The molecule has 0 saturated carbocycles. The molecule has 8 heteroatoms. The lowest BCUT2D eigenvalue weighted by atomic mass is 10.0. The van der Waals surface area contributed by atoms with Crippen LogP contribution in [0, 0.1) is 5.82 Å². The summed E-state index contributed by atoms with van der Waals surface area (Å²) < 4.78 is 49.7. The zero-order chi connectivity index (χ0) is 14.6. The molecule has 104 valence electrons. The Balaban J connectivity index is 3.00. The Kier molecular flexibility index (Phi) is 4.47. The lowest BCUT2D eigenvalue weighted by molar-refractivity contribution is -0.174. The second-order valence-electron chi connectivity index (χ2n) is 3.64.